The Hall–Kier alpha value is -4.57. The Balaban J connectivity index is 1.35. The highest BCUT2D eigenvalue weighted by atomic mass is 35.5. The number of hydrogen-bond donors (Lipinski definition) is 2. The minimum absolute atomic E-state index is 0.0982. The first kappa shape index (κ1) is 22.2. The van der Waals surface area contributed by atoms with E-state index in [4.69, 9.17) is 11.6 Å². The first-order valence-electron chi connectivity index (χ1n) is 10.4. The molecule has 0 fully saturated rings. The van der Waals surface area contributed by atoms with Crippen LogP contribution in [-0.2, 0) is 7.05 Å². The van der Waals surface area contributed by atoms with E-state index in [9.17, 15) is 14.0 Å². The number of nitrogens with zero attached hydrogens (tertiary/aromatic N) is 5. The molecule has 0 bridgehead atoms. The third-order valence-corrected chi connectivity index (χ3v) is 5.50. The number of halogens is 2. The van der Waals surface area contributed by atoms with Crippen LogP contribution in [0.25, 0.3) is 16.7 Å². The molecule has 5 rings (SSSR count). The normalized spacial score (nSPS) is 10.9. The van der Waals surface area contributed by atoms with Crippen molar-refractivity contribution in [3.8, 4) is 5.82 Å². The molecule has 5 aromatic rings. The first-order valence-corrected chi connectivity index (χ1v) is 10.8. The van der Waals surface area contributed by atoms with Gasteiger partial charge in [0.05, 0.1) is 28.6 Å². The molecule has 0 radical (unpaired) electrons. The van der Waals surface area contributed by atoms with E-state index in [0.717, 1.165) is 0 Å². The Morgan fingerprint density at radius 2 is 1.83 bits per heavy atom. The van der Waals surface area contributed by atoms with Crippen LogP contribution >= 0.6 is 11.6 Å². The van der Waals surface area contributed by atoms with Crippen LogP contribution in [0.4, 0.5) is 15.8 Å². The van der Waals surface area contributed by atoms with Gasteiger partial charge in [0.15, 0.2) is 5.82 Å². The summed E-state index contributed by atoms with van der Waals surface area (Å²) in [5.74, 6) is -0.760. The number of carbonyl (C=O) groups is 2. The highest BCUT2D eigenvalue weighted by molar-refractivity contribution is 6.31. The number of aryl methyl sites for hydroxylation is 1. The summed E-state index contributed by atoms with van der Waals surface area (Å²) in [6.45, 7) is 0. The van der Waals surface area contributed by atoms with Gasteiger partial charge in [0.1, 0.15) is 11.5 Å². The summed E-state index contributed by atoms with van der Waals surface area (Å²) < 4.78 is 16.4. The monoisotopic (exact) mass is 489 g/mol. The maximum Gasteiger partial charge on any atom is 0.274 e. The van der Waals surface area contributed by atoms with Crippen LogP contribution in [0.1, 0.15) is 20.8 Å². The van der Waals surface area contributed by atoms with E-state index in [-0.39, 0.29) is 16.6 Å². The Morgan fingerprint density at radius 3 is 2.60 bits per heavy atom. The Morgan fingerprint density at radius 1 is 1.00 bits per heavy atom. The third kappa shape index (κ3) is 4.46. The van der Waals surface area contributed by atoms with Crippen molar-refractivity contribution in [1.29, 1.82) is 0 Å². The number of pyridine rings is 1. The number of rotatable bonds is 5. The number of aromatic nitrogens is 5. The Labute approximate surface area is 203 Å². The molecule has 0 aliphatic rings. The SMILES string of the molecule is Cn1nc2cc(C(=O)Nc3cnn(-c4ccccn4)c3)ccc2c1C(=O)Nc1ccc(F)c(Cl)c1. The molecule has 0 aliphatic carbocycles. The fourth-order valence-corrected chi connectivity index (χ4v) is 3.76. The minimum Gasteiger partial charge on any atom is -0.321 e. The van der Waals surface area contributed by atoms with Crippen LogP contribution in [0.15, 0.2) is 73.2 Å². The molecule has 35 heavy (non-hydrogen) atoms. The molecule has 0 spiro atoms. The molecule has 0 atom stereocenters. The molecule has 0 saturated heterocycles. The van der Waals surface area contributed by atoms with Crippen LogP contribution in [-0.4, -0.2) is 36.4 Å². The molecule has 0 saturated carbocycles. The van der Waals surface area contributed by atoms with Gasteiger partial charge >= 0.3 is 0 Å². The maximum absolute atomic E-state index is 13.4. The third-order valence-electron chi connectivity index (χ3n) is 5.21. The van der Waals surface area contributed by atoms with Crippen LogP contribution < -0.4 is 10.6 Å². The van der Waals surface area contributed by atoms with E-state index in [2.05, 4.69) is 25.8 Å². The lowest BCUT2D eigenvalue weighted by molar-refractivity contribution is 0.101. The van der Waals surface area contributed by atoms with E-state index >= 15 is 0 Å². The molecular formula is C24H17ClFN7O2. The second-order valence-corrected chi connectivity index (χ2v) is 8.01. The van der Waals surface area contributed by atoms with Crippen molar-refractivity contribution < 1.29 is 14.0 Å². The first-order chi connectivity index (χ1) is 16.9. The molecule has 2 aromatic carbocycles. The summed E-state index contributed by atoms with van der Waals surface area (Å²) in [7, 11) is 1.62. The van der Waals surface area contributed by atoms with Gasteiger partial charge in [-0.2, -0.15) is 10.2 Å². The van der Waals surface area contributed by atoms with Gasteiger partial charge in [0, 0.05) is 29.9 Å². The van der Waals surface area contributed by atoms with Gasteiger partial charge in [-0.05, 0) is 48.5 Å². The highest BCUT2D eigenvalue weighted by Crippen LogP contribution is 2.23. The number of carbonyl (C=O) groups excluding carboxylic acids is 2. The molecule has 2 N–H and O–H groups in total. The van der Waals surface area contributed by atoms with Crippen LogP contribution in [0.2, 0.25) is 5.02 Å². The predicted octanol–water partition coefficient (Wildman–Crippen LogP) is 4.45. The van der Waals surface area contributed by atoms with Crippen molar-refractivity contribution >= 4 is 45.7 Å². The predicted molar refractivity (Wildman–Crippen MR) is 129 cm³/mol. The zero-order valence-electron chi connectivity index (χ0n) is 18.2. The molecule has 0 aliphatic heterocycles. The number of fused-ring (bicyclic) bond motifs is 1. The van der Waals surface area contributed by atoms with E-state index < -0.39 is 11.7 Å². The van der Waals surface area contributed by atoms with Crippen LogP contribution in [0.5, 0.6) is 0 Å². The largest absolute Gasteiger partial charge is 0.321 e. The molecule has 9 nitrogen and oxygen atoms in total. The zero-order chi connectivity index (χ0) is 24.5. The van der Waals surface area contributed by atoms with Crippen molar-refractivity contribution in [2.45, 2.75) is 0 Å². The Bertz CT molecular complexity index is 1580. The second-order valence-electron chi connectivity index (χ2n) is 7.60. The Kier molecular flexibility index (Phi) is 5.71. The lowest BCUT2D eigenvalue weighted by atomic mass is 10.1. The van der Waals surface area contributed by atoms with Crippen molar-refractivity contribution in [3.05, 3.63) is 95.3 Å². The van der Waals surface area contributed by atoms with Crippen molar-refractivity contribution in [2.75, 3.05) is 10.6 Å². The number of anilines is 2. The van der Waals surface area contributed by atoms with Crippen molar-refractivity contribution in [1.82, 2.24) is 24.5 Å². The lowest BCUT2D eigenvalue weighted by Gasteiger charge is -2.07. The summed E-state index contributed by atoms with van der Waals surface area (Å²) >= 11 is 5.80. The molecule has 0 unspecified atom stereocenters. The van der Waals surface area contributed by atoms with Gasteiger partial charge in [-0.15, -0.1) is 0 Å². The quantitative estimate of drug-likeness (QED) is 0.379. The lowest BCUT2D eigenvalue weighted by Crippen LogP contribution is -2.16. The smallest absolute Gasteiger partial charge is 0.274 e. The van der Waals surface area contributed by atoms with Crippen LogP contribution in [0, 0.1) is 5.82 Å². The average Bonchev–Trinajstić information content (AvgIpc) is 3.45. The maximum atomic E-state index is 13.4. The van der Waals surface area contributed by atoms with E-state index in [1.807, 2.05) is 6.07 Å². The van der Waals surface area contributed by atoms with Crippen molar-refractivity contribution in [2.24, 2.45) is 7.05 Å². The van der Waals surface area contributed by atoms with E-state index in [1.165, 1.54) is 29.1 Å². The standard InChI is InChI=1S/C24H17ClFN7O2/c1-32-22(24(35)29-15-6-8-19(26)18(25)11-15)17-7-5-14(10-20(17)31-32)23(34)30-16-12-28-33(13-16)21-4-2-3-9-27-21/h2-13H,1H3,(H,29,35)(H,30,34). The summed E-state index contributed by atoms with van der Waals surface area (Å²) in [6, 6.07) is 14.2. The zero-order valence-corrected chi connectivity index (χ0v) is 19.0. The van der Waals surface area contributed by atoms with E-state index in [0.29, 0.717) is 33.7 Å². The molecule has 174 valence electrons. The number of benzene rings is 2. The number of hydrogen-bond acceptors (Lipinski definition) is 5. The molecular weight excluding hydrogens is 473 g/mol. The second kappa shape index (κ2) is 8.99. The fourth-order valence-electron chi connectivity index (χ4n) is 3.58. The summed E-state index contributed by atoms with van der Waals surface area (Å²) in [6.07, 6.45) is 4.83. The number of amides is 2. The topological polar surface area (TPSA) is 107 Å². The molecule has 2 amide bonds. The summed E-state index contributed by atoms with van der Waals surface area (Å²) in [4.78, 5) is 29.9. The fraction of sp³-hybridized carbons (Fsp3) is 0.0417. The minimum atomic E-state index is -0.578. The van der Waals surface area contributed by atoms with Crippen molar-refractivity contribution in [3.63, 3.8) is 0 Å². The average molecular weight is 490 g/mol. The number of nitrogens with one attached hydrogen (secondary N) is 2. The van der Waals surface area contributed by atoms with E-state index in [1.54, 1.807) is 54.5 Å². The summed E-state index contributed by atoms with van der Waals surface area (Å²) in [5.41, 5.74) is 1.95. The molecule has 11 heteroatoms. The van der Waals surface area contributed by atoms with Gasteiger partial charge < -0.3 is 10.6 Å². The molecule has 3 aromatic heterocycles. The van der Waals surface area contributed by atoms with Crippen LogP contribution in [0.3, 0.4) is 0 Å². The highest BCUT2D eigenvalue weighted by Gasteiger charge is 2.19. The van der Waals surface area contributed by atoms with Gasteiger partial charge in [0.25, 0.3) is 11.8 Å². The van der Waals surface area contributed by atoms with Gasteiger partial charge in [-0.25, -0.2) is 14.1 Å². The van der Waals surface area contributed by atoms with Gasteiger partial charge in [0.2, 0.25) is 0 Å². The van der Waals surface area contributed by atoms with Gasteiger partial charge in [-0.1, -0.05) is 17.7 Å². The van der Waals surface area contributed by atoms with Gasteiger partial charge in [-0.3, -0.25) is 14.3 Å². The molecule has 3 heterocycles. The summed E-state index contributed by atoms with van der Waals surface area (Å²) in [5, 5.41) is 14.5.